The van der Waals surface area contributed by atoms with Gasteiger partial charge in [0.1, 0.15) is 0 Å². The highest BCUT2D eigenvalue weighted by Gasteiger charge is 2.05. The van der Waals surface area contributed by atoms with Crippen LogP contribution in [0.5, 0.6) is 0 Å². The first-order valence-electron chi connectivity index (χ1n) is 7.13. The predicted molar refractivity (Wildman–Crippen MR) is 99.0 cm³/mol. The van der Waals surface area contributed by atoms with Crippen LogP contribution in [0.15, 0.2) is 35.3 Å². The van der Waals surface area contributed by atoms with Gasteiger partial charge in [-0.15, -0.1) is 24.0 Å². The van der Waals surface area contributed by atoms with Gasteiger partial charge in [0.25, 0.3) is 0 Å². The summed E-state index contributed by atoms with van der Waals surface area (Å²) in [5.41, 5.74) is 1.39. The summed E-state index contributed by atoms with van der Waals surface area (Å²) >= 11 is 0. The molecule has 0 aromatic heterocycles. The molecule has 0 saturated carbocycles. The highest BCUT2D eigenvalue weighted by molar-refractivity contribution is 14.0. The van der Waals surface area contributed by atoms with E-state index in [0.29, 0.717) is 12.0 Å². The highest BCUT2D eigenvalue weighted by atomic mass is 127. The Morgan fingerprint density at radius 2 is 1.80 bits per heavy atom. The first-order valence-corrected chi connectivity index (χ1v) is 7.13. The third-order valence-electron chi connectivity index (χ3n) is 2.99. The van der Waals surface area contributed by atoms with Crippen molar-refractivity contribution >= 4 is 29.9 Å². The summed E-state index contributed by atoms with van der Waals surface area (Å²) in [6.07, 6.45) is 2.20. The maximum absolute atomic E-state index is 4.25. The molecule has 0 saturated heterocycles. The largest absolute Gasteiger partial charge is 0.356 e. The van der Waals surface area contributed by atoms with E-state index in [2.05, 4.69) is 66.7 Å². The molecule has 0 aliphatic heterocycles. The predicted octanol–water partition coefficient (Wildman–Crippen LogP) is 3.45. The number of hydrogen-bond donors (Lipinski definition) is 2. The van der Waals surface area contributed by atoms with Gasteiger partial charge in [-0.1, -0.05) is 44.2 Å². The second kappa shape index (κ2) is 10.9. The third-order valence-corrected chi connectivity index (χ3v) is 2.99. The summed E-state index contributed by atoms with van der Waals surface area (Å²) in [5, 5.41) is 6.77. The van der Waals surface area contributed by atoms with Crippen molar-refractivity contribution < 1.29 is 0 Å². The SMILES string of the molecule is CN=C(NCC(C)C)NC(C)CCc1ccccc1.I. The summed E-state index contributed by atoms with van der Waals surface area (Å²) in [7, 11) is 1.82. The van der Waals surface area contributed by atoms with Crippen LogP contribution in [0.3, 0.4) is 0 Å². The Bertz CT molecular complexity index is 377. The van der Waals surface area contributed by atoms with Gasteiger partial charge < -0.3 is 10.6 Å². The summed E-state index contributed by atoms with van der Waals surface area (Å²) < 4.78 is 0. The average molecular weight is 389 g/mol. The van der Waals surface area contributed by atoms with Crippen LogP contribution in [-0.2, 0) is 6.42 Å². The Labute approximate surface area is 140 Å². The van der Waals surface area contributed by atoms with Crippen LogP contribution in [0, 0.1) is 5.92 Å². The first-order chi connectivity index (χ1) is 9.11. The lowest BCUT2D eigenvalue weighted by atomic mass is 10.1. The number of nitrogens with zero attached hydrogens (tertiary/aromatic N) is 1. The monoisotopic (exact) mass is 389 g/mol. The van der Waals surface area contributed by atoms with Crippen molar-refractivity contribution in [2.24, 2.45) is 10.9 Å². The second-order valence-corrected chi connectivity index (χ2v) is 5.42. The zero-order valence-electron chi connectivity index (χ0n) is 13.0. The number of hydrogen-bond acceptors (Lipinski definition) is 1. The molecule has 0 amide bonds. The molecular formula is C16H28IN3. The summed E-state index contributed by atoms with van der Waals surface area (Å²) in [5.74, 6) is 1.52. The number of aryl methyl sites for hydroxylation is 1. The molecule has 0 aliphatic carbocycles. The van der Waals surface area contributed by atoms with E-state index in [1.165, 1.54) is 5.56 Å². The van der Waals surface area contributed by atoms with E-state index in [1.54, 1.807) is 0 Å². The van der Waals surface area contributed by atoms with Crippen molar-refractivity contribution in [1.82, 2.24) is 10.6 Å². The molecule has 3 nitrogen and oxygen atoms in total. The van der Waals surface area contributed by atoms with Crippen molar-refractivity contribution in [2.75, 3.05) is 13.6 Å². The Morgan fingerprint density at radius 3 is 2.35 bits per heavy atom. The van der Waals surface area contributed by atoms with Gasteiger partial charge in [-0.2, -0.15) is 0 Å². The maximum Gasteiger partial charge on any atom is 0.191 e. The quantitative estimate of drug-likeness (QED) is 0.444. The lowest BCUT2D eigenvalue weighted by Crippen LogP contribution is -2.43. The zero-order valence-corrected chi connectivity index (χ0v) is 15.3. The van der Waals surface area contributed by atoms with Crippen molar-refractivity contribution in [3.63, 3.8) is 0 Å². The molecule has 0 spiro atoms. The van der Waals surface area contributed by atoms with Crippen LogP contribution < -0.4 is 10.6 Å². The molecule has 1 atom stereocenters. The molecule has 114 valence electrons. The first kappa shape index (κ1) is 19.2. The number of benzene rings is 1. The van der Waals surface area contributed by atoms with Crippen LogP contribution in [0.25, 0.3) is 0 Å². The number of halogens is 1. The number of aliphatic imine (C=N–C) groups is 1. The Morgan fingerprint density at radius 1 is 1.15 bits per heavy atom. The van der Waals surface area contributed by atoms with E-state index < -0.39 is 0 Å². The molecule has 0 bridgehead atoms. The third kappa shape index (κ3) is 8.40. The molecule has 20 heavy (non-hydrogen) atoms. The van der Waals surface area contributed by atoms with Gasteiger partial charge in [-0.3, -0.25) is 4.99 Å². The normalized spacial score (nSPS) is 12.8. The summed E-state index contributed by atoms with van der Waals surface area (Å²) in [6, 6.07) is 11.0. The average Bonchev–Trinajstić information content (AvgIpc) is 2.42. The van der Waals surface area contributed by atoms with Crippen LogP contribution >= 0.6 is 24.0 Å². The Balaban J connectivity index is 0.00000361. The molecule has 0 fully saturated rings. The van der Waals surface area contributed by atoms with Crippen LogP contribution in [0.2, 0.25) is 0 Å². The van der Waals surface area contributed by atoms with Crippen molar-refractivity contribution in [2.45, 2.75) is 39.7 Å². The molecule has 0 heterocycles. The fourth-order valence-corrected chi connectivity index (χ4v) is 1.83. The van der Waals surface area contributed by atoms with E-state index in [1.807, 2.05) is 7.05 Å². The smallest absolute Gasteiger partial charge is 0.191 e. The standard InChI is InChI=1S/C16H27N3.HI/c1-13(2)12-18-16(17-4)19-14(3)10-11-15-8-6-5-7-9-15;/h5-9,13-14H,10-12H2,1-4H3,(H2,17,18,19);1H. The maximum atomic E-state index is 4.25. The molecule has 1 aromatic carbocycles. The van der Waals surface area contributed by atoms with Crippen LogP contribution in [0.4, 0.5) is 0 Å². The minimum Gasteiger partial charge on any atom is -0.356 e. The Kier molecular flexibility index (Phi) is 10.5. The van der Waals surface area contributed by atoms with Crippen molar-refractivity contribution in [3.05, 3.63) is 35.9 Å². The topological polar surface area (TPSA) is 36.4 Å². The van der Waals surface area contributed by atoms with Gasteiger partial charge >= 0.3 is 0 Å². The van der Waals surface area contributed by atoms with E-state index in [4.69, 9.17) is 0 Å². The van der Waals surface area contributed by atoms with Gasteiger partial charge in [0, 0.05) is 19.6 Å². The van der Waals surface area contributed by atoms with Crippen LogP contribution in [0.1, 0.15) is 32.8 Å². The molecule has 4 heteroatoms. The van der Waals surface area contributed by atoms with Gasteiger partial charge in [-0.25, -0.2) is 0 Å². The number of guanidine groups is 1. The zero-order chi connectivity index (χ0) is 14.1. The van der Waals surface area contributed by atoms with Gasteiger partial charge in [-0.05, 0) is 31.2 Å². The van der Waals surface area contributed by atoms with E-state index in [-0.39, 0.29) is 24.0 Å². The lowest BCUT2D eigenvalue weighted by molar-refractivity contribution is 0.572. The molecular weight excluding hydrogens is 361 g/mol. The summed E-state index contributed by atoms with van der Waals surface area (Å²) in [6.45, 7) is 7.54. The molecule has 0 radical (unpaired) electrons. The van der Waals surface area contributed by atoms with E-state index >= 15 is 0 Å². The fourth-order valence-electron chi connectivity index (χ4n) is 1.83. The minimum atomic E-state index is 0. The van der Waals surface area contributed by atoms with Gasteiger partial charge in [0.05, 0.1) is 0 Å². The summed E-state index contributed by atoms with van der Waals surface area (Å²) in [4.78, 5) is 4.25. The van der Waals surface area contributed by atoms with Crippen LogP contribution in [-0.4, -0.2) is 25.6 Å². The molecule has 1 rings (SSSR count). The van der Waals surface area contributed by atoms with E-state index in [9.17, 15) is 0 Å². The van der Waals surface area contributed by atoms with Gasteiger partial charge in [0.2, 0.25) is 0 Å². The molecule has 2 N–H and O–H groups in total. The number of rotatable bonds is 6. The molecule has 1 aromatic rings. The fraction of sp³-hybridized carbons (Fsp3) is 0.562. The molecule has 0 aliphatic rings. The van der Waals surface area contributed by atoms with Crippen molar-refractivity contribution in [3.8, 4) is 0 Å². The minimum absolute atomic E-state index is 0. The molecule has 1 unspecified atom stereocenters. The van der Waals surface area contributed by atoms with Gasteiger partial charge in [0.15, 0.2) is 5.96 Å². The Hall–Kier alpha value is -0.780. The lowest BCUT2D eigenvalue weighted by Gasteiger charge is -2.18. The number of nitrogens with one attached hydrogen (secondary N) is 2. The van der Waals surface area contributed by atoms with Crippen molar-refractivity contribution in [1.29, 1.82) is 0 Å². The second-order valence-electron chi connectivity index (χ2n) is 5.42. The highest BCUT2D eigenvalue weighted by Crippen LogP contribution is 2.04. The van der Waals surface area contributed by atoms with E-state index in [0.717, 1.165) is 25.3 Å².